The zero-order chi connectivity index (χ0) is 13.4. The summed E-state index contributed by atoms with van der Waals surface area (Å²) in [6, 6.07) is -0.554. The molecule has 3 amide bonds. The quantitative estimate of drug-likeness (QED) is 0.582. The topological polar surface area (TPSA) is 87.3 Å². The molecule has 17 heavy (non-hydrogen) atoms. The summed E-state index contributed by atoms with van der Waals surface area (Å²) in [7, 11) is 1.52. The fraction of sp³-hybridized carbons (Fsp3) is 0.727. The van der Waals surface area contributed by atoms with Crippen LogP contribution in [0.4, 0.5) is 0 Å². The summed E-state index contributed by atoms with van der Waals surface area (Å²) in [6.07, 6.45) is 0.561. The van der Waals surface area contributed by atoms with Crippen LogP contribution in [-0.4, -0.2) is 37.4 Å². The number of rotatable bonds is 6. The van der Waals surface area contributed by atoms with E-state index in [4.69, 9.17) is 0 Å². The van der Waals surface area contributed by atoms with Gasteiger partial charge in [0.1, 0.15) is 6.04 Å². The molecule has 0 aliphatic rings. The number of amides is 3. The predicted molar refractivity (Wildman–Crippen MR) is 64.1 cm³/mol. The number of likely N-dealkylation sites (N-methyl/N-ethyl adjacent to an activating group) is 1. The van der Waals surface area contributed by atoms with Crippen molar-refractivity contribution in [3.8, 4) is 0 Å². The molecule has 0 bridgehead atoms. The van der Waals surface area contributed by atoms with Gasteiger partial charge in [-0.2, -0.15) is 0 Å². The smallest absolute Gasteiger partial charge is 0.242 e. The van der Waals surface area contributed by atoms with Gasteiger partial charge in [0.25, 0.3) is 0 Å². The van der Waals surface area contributed by atoms with Gasteiger partial charge in [0, 0.05) is 14.0 Å². The summed E-state index contributed by atoms with van der Waals surface area (Å²) in [5.74, 6) is -0.580. The molecule has 98 valence electrons. The zero-order valence-corrected chi connectivity index (χ0v) is 10.8. The molecule has 0 spiro atoms. The second-order valence-electron chi connectivity index (χ2n) is 4.27. The molecule has 0 aromatic heterocycles. The molecule has 0 radical (unpaired) electrons. The summed E-state index contributed by atoms with van der Waals surface area (Å²) in [5, 5.41) is 7.47. The van der Waals surface area contributed by atoms with Crippen LogP contribution in [0.1, 0.15) is 27.2 Å². The van der Waals surface area contributed by atoms with Crippen molar-refractivity contribution in [2.45, 2.75) is 33.2 Å². The molecule has 0 aliphatic carbocycles. The Balaban J connectivity index is 4.27. The van der Waals surface area contributed by atoms with E-state index < -0.39 is 6.04 Å². The first-order valence-electron chi connectivity index (χ1n) is 5.62. The Bertz CT molecular complexity index is 290. The summed E-state index contributed by atoms with van der Waals surface area (Å²) < 4.78 is 0. The van der Waals surface area contributed by atoms with Crippen molar-refractivity contribution in [2.75, 3.05) is 13.6 Å². The van der Waals surface area contributed by atoms with Crippen molar-refractivity contribution in [3.63, 3.8) is 0 Å². The maximum atomic E-state index is 11.5. The van der Waals surface area contributed by atoms with E-state index in [2.05, 4.69) is 16.0 Å². The molecule has 0 fully saturated rings. The lowest BCUT2D eigenvalue weighted by Gasteiger charge is -2.19. The minimum Gasteiger partial charge on any atom is -0.357 e. The highest BCUT2D eigenvalue weighted by Crippen LogP contribution is 2.04. The van der Waals surface area contributed by atoms with Crippen LogP contribution in [0, 0.1) is 5.92 Å². The van der Waals surface area contributed by atoms with Gasteiger partial charge in [-0.1, -0.05) is 13.8 Å². The van der Waals surface area contributed by atoms with E-state index in [0.717, 1.165) is 0 Å². The molecule has 0 heterocycles. The van der Waals surface area contributed by atoms with Crippen LogP contribution in [0.3, 0.4) is 0 Å². The maximum absolute atomic E-state index is 11.5. The molecule has 3 N–H and O–H groups in total. The molecule has 0 saturated carbocycles. The van der Waals surface area contributed by atoms with E-state index in [0.29, 0.717) is 12.3 Å². The molecular weight excluding hydrogens is 222 g/mol. The van der Waals surface area contributed by atoms with Crippen molar-refractivity contribution in [3.05, 3.63) is 0 Å². The first kappa shape index (κ1) is 15.4. The van der Waals surface area contributed by atoms with Crippen LogP contribution >= 0.6 is 0 Å². The Morgan fingerprint density at radius 3 is 2.18 bits per heavy atom. The van der Waals surface area contributed by atoms with Gasteiger partial charge in [-0.25, -0.2) is 0 Å². The van der Waals surface area contributed by atoms with E-state index in [1.54, 1.807) is 0 Å². The second kappa shape index (κ2) is 7.65. The second-order valence-corrected chi connectivity index (χ2v) is 4.27. The van der Waals surface area contributed by atoms with Crippen molar-refractivity contribution in [2.24, 2.45) is 5.92 Å². The van der Waals surface area contributed by atoms with E-state index in [1.807, 2.05) is 13.8 Å². The Morgan fingerprint density at radius 2 is 1.76 bits per heavy atom. The molecule has 0 rings (SSSR count). The highest BCUT2D eigenvalue weighted by Gasteiger charge is 2.20. The van der Waals surface area contributed by atoms with Crippen LogP contribution in [0.5, 0.6) is 0 Å². The molecule has 0 aromatic rings. The third-order valence-corrected chi connectivity index (χ3v) is 2.10. The highest BCUT2D eigenvalue weighted by atomic mass is 16.2. The summed E-state index contributed by atoms with van der Waals surface area (Å²) in [6.45, 7) is 5.16. The Labute approximate surface area is 102 Å². The van der Waals surface area contributed by atoms with Gasteiger partial charge >= 0.3 is 0 Å². The van der Waals surface area contributed by atoms with Crippen LogP contribution in [0.15, 0.2) is 0 Å². The predicted octanol–water partition coefficient (Wildman–Crippen LogP) is -0.601. The van der Waals surface area contributed by atoms with E-state index in [1.165, 1.54) is 14.0 Å². The molecule has 0 aromatic carbocycles. The van der Waals surface area contributed by atoms with Gasteiger partial charge in [0.15, 0.2) is 0 Å². The van der Waals surface area contributed by atoms with E-state index in [9.17, 15) is 14.4 Å². The Kier molecular flexibility index (Phi) is 6.93. The van der Waals surface area contributed by atoms with Crippen LogP contribution in [0.25, 0.3) is 0 Å². The van der Waals surface area contributed by atoms with Crippen LogP contribution in [-0.2, 0) is 14.4 Å². The van der Waals surface area contributed by atoms with Gasteiger partial charge in [0.05, 0.1) is 6.54 Å². The average Bonchev–Trinajstić information content (AvgIpc) is 2.23. The van der Waals surface area contributed by atoms with E-state index in [-0.39, 0.29) is 24.3 Å². The monoisotopic (exact) mass is 243 g/mol. The lowest BCUT2D eigenvalue weighted by atomic mass is 10.0. The normalized spacial score (nSPS) is 11.8. The van der Waals surface area contributed by atoms with Gasteiger partial charge in [-0.15, -0.1) is 0 Å². The largest absolute Gasteiger partial charge is 0.357 e. The number of carbonyl (C=O) groups excluding carboxylic acids is 3. The first-order chi connectivity index (χ1) is 7.86. The van der Waals surface area contributed by atoms with E-state index >= 15 is 0 Å². The van der Waals surface area contributed by atoms with Gasteiger partial charge in [-0.05, 0) is 12.3 Å². The number of hydrogen-bond acceptors (Lipinski definition) is 3. The lowest BCUT2D eigenvalue weighted by molar-refractivity contribution is -0.129. The number of hydrogen-bond donors (Lipinski definition) is 3. The molecule has 0 aliphatic heterocycles. The van der Waals surface area contributed by atoms with Gasteiger partial charge in [-0.3, -0.25) is 14.4 Å². The van der Waals surface area contributed by atoms with Gasteiger partial charge < -0.3 is 16.0 Å². The number of nitrogens with one attached hydrogen (secondary N) is 3. The van der Waals surface area contributed by atoms with Crippen molar-refractivity contribution in [1.82, 2.24) is 16.0 Å². The SMILES string of the molecule is CNC(=O)[C@H](CC(C)C)NC(=O)CNC(C)=O. The molecule has 6 heteroatoms. The summed E-state index contributed by atoms with van der Waals surface area (Å²) in [4.78, 5) is 33.6. The van der Waals surface area contributed by atoms with Crippen molar-refractivity contribution in [1.29, 1.82) is 0 Å². The lowest BCUT2D eigenvalue weighted by Crippen LogP contribution is -2.49. The molecule has 0 saturated heterocycles. The third-order valence-electron chi connectivity index (χ3n) is 2.10. The summed E-state index contributed by atoms with van der Waals surface area (Å²) >= 11 is 0. The van der Waals surface area contributed by atoms with Gasteiger partial charge in [0.2, 0.25) is 17.7 Å². The molecular formula is C11H21N3O3. The minimum atomic E-state index is -0.554. The fourth-order valence-electron chi connectivity index (χ4n) is 1.33. The van der Waals surface area contributed by atoms with Crippen molar-refractivity contribution < 1.29 is 14.4 Å². The maximum Gasteiger partial charge on any atom is 0.242 e. The fourth-order valence-corrected chi connectivity index (χ4v) is 1.33. The highest BCUT2D eigenvalue weighted by molar-refractivity contribution is 5.89. The zero-order valence-electron chi connectivity index (χ0n) is 10.8. The average molecular weight is 243 g/mol. The summed E-state index contributed by atoms with van der Waals surface area (Å²) in [5.41, 5.74) is 0. The molecule has 6 nitrogen and oxygen atoms in total. The van der Waals surface area contributed by atoms with Crippen LogP contribution < -0.4 is 16.0 Å². The molecule has 1 atom stereocenters. The Morgan fingerprint density at radius 1 is 1.18 bits per heavy atom. The standard InChI is InChI=1S/C11H21N3O3/c1-7(2)5-9(11(17)12-4)14-10(16)6-13-8(3)15/h7,9H,5-6H2,1-4H3,(H,12,17)(H,13,15)(H,14,16)/t9-/m0/s1. The minimum absolute atomic E-state index is 0.110. The number of carbonyl (C=O) groups is 3. The Hall–Kier alpha value is -1.59. The molecule has 0 unspecified atom stereocenters. The van der Waals surface area contributed by atoms with Crippen molar-refractivity contribution >= 4 is 17.7 Å². The van der Waals surface area contributed by atoms with Crippen LogP contribution in [0.2, 0.25) is 0 Å². The first-order valence-corrected chi connectivity index (χ1v) is 5.62. The third kappa shape index (κ3) is 7.32.